The third-order valence-electron chi connectivity index (χ3n) is 4.32. The predicted molar refractivity (Wildman–Crippen MR) is 83.8 cm³/mol. The van der Waals surface area contributed by atoms with Gasteiger partial charge in [-0.25, -0.2) is 0 Å². The van der Waals surface area contributed by atoms with Gasteiger partial charge in [0.05, 0.1) is 19.8 Å². The average molecular weight is 285 g/mol. The maximum Gasteiger partial charge on any atom is 0.123 e. The van der Waals surface area contributed by atoms with Gasteiger partial charge >= 0.3 is 0 Å². The Morgan fingerprint density at radius 2 is 2.14 bits per heavy atom. The lowest BCUT2D eigenvalue weighted by molar-refractivity contribution is 0.166. The van der Waals surface area contributed by atoms with Gasteiger partial charge in [-0.15, -0.1) is 0 Å². The van der Waals surface area contributed by atoms with E-state index < -0.39 is 0 Å². The third kappa shape index (κ3) is 2.98. The summed E-state index contributed by atoms with van der Waals surface area (Å²) >= 11 is 0. The molecule has 1 aliphatic carbocycles. The zero-order chi connectivity index (χ0) is 14.8. The first kappa shape index (κ1) is 14.2. The van der Waals surface area contributed by atoms with Gasteiger partial charge < -0.3 is 14.4 Å². The molecule has 1 heterocycles. The lowest BCUT2D eigenvalue weighted by Gasteiger charge is -2.11. The summed E-state index contributed by atoms with van der Waals surface area (Å²) in [4.78, 5) is 0. The van der Waals surface area contributed by atoms with Crippen LogP contribution in [0.5, 0.6) is 5.75 Å². The Morgan fingerprint density at radius 3 is 2.95 bits per heavy atom. The van der Waals surface area contributed by atoms with E-state index in [0.717, 1.165) is 37.1 Å². The standard InChI is InChI=1S/C18H23NO2/c1-13-7-8-18(21-2)15(9-13)11-19-10-14-5-3-4-6-17(20)16(14)12-19/h7-10,12,17,20H,3-6,11H2,1-2H3. The number of fused-ring (bicyclic) bond motifs is 1. The minimum Gasteiger partial charge on any atom is -0.496 e. The molecule has 0 bridgehead atoms. The minimum absolute atomic E-state index is 0.303. The molecule has 3 rings (SSSR count). The number of ether oxygens (including phenoxy) is 1. The molecule has 1 aromatic carbocycles. The van der Waals surface area contributed by atoms with E-state index in [2.05, 4.69) is 36.0 Å². The van der Waals surface area contributed by atoms with E-state index in [-0.39, 0.29) is 6.10 Å². The van der Waals surface area contributed by atoms with E-state index in [4.69, 9.17) is 4.74 Å². The summed E-state index contributed by atoms with van der Waals surface area (Å²) in [6, 6.07) is 6.26. The van der Waals surface area contributed by atoms with Gasteiger partial charge in [-0.3, -0.25) is 0 Å². The fourth-order valence-corrected chi connectivity index (χ4v) is 3.21. The van der Waals surface area contributed by atoms with Crippen LogP contribution < -0.4 is 4.74 Å². The highest BCUT2D eigenvalue weighted by Gasteiger charge is 2.18. The Hall–Kier alpha value is -1.74. The van der Waals surface area contributed by atoms with Crippen molar-refractivity contribution in [1.82, 2.24) is 4.57 Å². The monoisotopic (exact) mass is 285 g/mol. The molecular weight excluding hydrogens is 262 g/mol. The van der Waals surface area contributed by atoms with Gasteiger partial charge in [0, 0.05) is 23.5 Å². The maximum absolute atomic E-state index is 10.2. The highest BCUT2D eigenvalue weighted by molar-refractivity contribution is 5.38. The van der Waals surface area contributed by atoms with Crippen molar-refractivity contribution in [3.8, 4) is 5.75 Å². The topological polar surface area (TPSA) is 34.4 Å². The summed E-state index contributed by atoms with van der Waals surface area (Å²) in [5.74, 6) is 0.921. The second-order valence-corrected chi connectivity index (χ2v) is 5.99. The summed E-state index contributed by atoms with van der Waals surface area (Å²) in [6.07, 6.45) is 8.22. The molecule has 1 atom stereocenters. The van der Waals surface area contributed by atoms with Crippen LogP contribution in [0.1, 0.15) is 47.6 Å². The number of hydrogen-bond acceptors (Lipinski definition) is 2. The smallest absolute Gasteiger partial charge is 0.123 e. The molecule has 112 valence electrons. The molecule has 0 spiro atoms. The molecule has 0 radical (unpaired) electrons. The highest BCUT2D eigenvalue weighted by Crippen LogP contribution is 2.30. The molecule has 3 heteroatoms. The first-order valence-corrected chi connectivity index (χ1v) is 7.67. The highest BCUT2D eigenvalue weighted by atomic mass is 16.5. The second-order valence-electron chi connectivity index (χ2n) is 5.99. The van der Waals surface area contributed by atoms with Crippen LogP contribution in [0.4, 0.5) is 0 Å². The summed E-state index contributed by atoms with van der Waals surface area (Å²) in [6.45, 7) is 2.88. The Labute approximate surface area is 126 Å². The first-order valence-electron chi connectivity index (χ1n) is 7.67. The number of aromatic nitrogens is 1. The molecule has 3 nitrogen and oxygen atoms in total. The van der Waals surface area contributed by atoms with E-state index in [1.165, 1.54) is 23.1 Å². The largest absolute Gasteiger partial charge is 0.496 e. The Morgan fingerprint density at radius 1 is 1.29 bits per heavy atom. The van der Waals surface area contributed by atoms with E-state index in [1.54, 1.807) is 7.11 Å². The van der Waals surface area contributed by atoms with Crippen LogP contribution >= 0.6 is 0 Å². The van der Waals surface area contributed by atoms with Crippen molar-refractivity contribution in [3.63, 3.8) is 0 Å². The number of hydrogen-bond donors (Lipinski definition) is 1. The third-order valence-corrected chi connectivity index (χ3v) is 4.32. The van der Waals surface area contributed by atoms with E-state index >= 15 is 0 Å². The number of nitrogens with zero attached hydrogens (tertiary/aromatic N) is 1. The fraction of sp³-hybridized carbons (Fsp3) is 0.444. The Balaban J connectivity index is 1.89. The predicted octanol–water partition coefficient (Wildman–Crippen LogP) is 3.61. The van der Waals surface area contributed by atoms with E-state index in [0.29, 0.717) is 0 Å². The number of aliphatic hydroxyl groups excluding tert-OH is 1. The average Bonchev–Trinajstić information content (AvgIpc) is 2.79. The zero-order valence-corrected chi connectivity index (χ0v) is 12.8. The van der Waals surface area contributed by atoms with Crippen molar-refractivity contribution in [2.24, 2.45) is 0 Å². The van der Waals surface area contributed by atoms with Crippen LogP contribution in [-0.4, -0.2) is 16.8 Å². The van der Waals surface area contributed by atoms with Gasteiger partial charge in [-0.2, -0.15) is 0 Å². The van der Waals surface area contributed by atoms with Crippen LogP contribution in [-0.2, 0) is 13.0 Å². The van der Waals surface area contributed by atoms with Crippen molar-refractivity contribution in [1.29, 1.82) is 0 Å². The van der Waals surface area contributed by atoms with Crippen LogP contribution in [0.3, 0.4) is 0 Å². The van der Waals surface area contributed by atoms with Crippen LogP contribution in [0.2, 0.25) is 0 Å². The SMILES string of the molecule is COc1ccc(C)cc1Cn1cc2c(c1)C(O)CCCC2. The molecule has 0 saturated heterocycles. The van der Waals surface area contributed by atoms with Crippen molar-refractivity contribution in [2.45, 2.75) is 45.3 Å². The molecule has 21 heavy (non-hydrogen) atoms. The van der Waals surface area contributed by atoms with E-state index in [1.807, 2.05) is 6.07 Å². The summed E-state index contributed by atoms with van der Waals surface area (Å²) < 4.78 is 7.63. The Bertz CT molecular complexity index is 630. The molecule has 1 aromatic heterocycles. The molecule has 0 fully saturated rings. The van der Waals surface area contributed by atoms with Gasteiger partial charge in [-0.1, -0.05) is 24.1 Å². The van der Waals surface area contributed by atoms with Crippen molar-refractivity contribution in [3.05, 3.63) is 52.8 Å². The molecule has 1 N–H and O–H groups in total. The lowest BCUT2D eigenvalue weighted by Crippen LogP contribution is -2.01. The number of benzene rings is 1. The minimum atomic E-state index is -0.303. The van der Waals surface area contributed by atoms with Crippen LogP contribution in [0.25, 0.3) is 0 Å². The molecule has 0 aliphatic heterocycles. The molecular formula is C18H23NO2. The van der Waals surface area contributed by atoms with Crippen molar-refractivity contribution < 1.29 is 9.84 Å². The summed E-state index contributed by atoms with van der Waals surface area (Å²) in [5.41, 5.74) is 4.82. The van der Waals surface area contributed by atoms with Gasteiger partial charge in [0.25, 0.3) is 0 Å². The lowest BCUT2D eigenvalue weighted by atomic mass is 10.1. The quantitative estimate of drug-likeness (QED) is 0.874. The number of aryl methyl sites for hydroxylation is 2. The zero-order valence-electron chi connectivity index (χ0n) is 12.8. The molecule has 2 aromatic rings. The van der Waals surface area contributed by atoms with Gasteiger partial charge in [0.2, 0.25) is 0 Å². The second kappa shape index (κ2) is 5.94. The van der Waals surface area contributed by atoms with Gasteiger partial charge in [0.1, 0.15) is 5.75 Å². The van der Waals surface area contributed by atoms with Crippen molar-refractivity contribution >= 4 is 0 Å². The van der Waals surface area contributed by atoms with Crippen LogP contribution in [0, 0.1) is 6.92 Å². The molecule has 0 saturated carbocycles. The number of rotatable bonds is 3. The molecule has 1 unspecified atom stereocenters. The van der Waals surface area contributed by atoms with Gasteiger partial charge in [-0.05, 0) is 37.8 Å². The number of aliphatic hydroxyl groups is 1. The molecule has 1 aliphatic rings. The number of methoxy groups -OCH3 is 1. The maximum atomic E-state index is 10.2. The summed E-state index contributed by atoms with van der Waals surface area (Å²) in [5, 5.41) is 10.2. The van der Waals surface area contributed by atoms with Gasteiger partial charge in [0.15, 0.2) is 0 Å². The summed E-state index contributed by atoms with van der Waals surface area (Å²) in [7, 11) is 1.71. The van der Waals surface area contributed by atoms with E-state index in [9.17, 15) is 5.11 Å². The molecule has 0 amide bonds. The van der Waals surface area contributed by atoms with Crippen molar-refractivity contribution in [2.75, 3.05) is 7.11 Å². The van der Waals surface area contributed by atoms with Crippen LogP contribution in [0.15, 0.2) is 30.6 Å². The normalized spacial score (nSPS) is 18.1. The fourth-order valence-electron chi connectivity index (χ4n) is 3.21. The first-order chi connectivity index (χ1) is 10.2. The Kier molecular flexibility index (Phi) is 4.02.